The van der Waals surface area contributed by atoms with E-state index in [0.717, 1.165) is 104 Å². The molecule has 188 valence electrons. The second-order valence-corrected chi connectivity index (χ2v) is 9.86. The van der Waals surface area contributed by atoms with E-state index in [0.29, 0.717) is 6.04 Å². The standard InChI is InChI=1S/C28H35N7O/c1-3-20-13-21(16-31-28(20)34-9-11-36-12-10-34)22-14-25-26(18-30-27(25)29-15-22)23-17-32-35(19-23)24-5-7-33(4-2)8-6-24/h13-19,24H,3-12H2,1-2H3,(H,29,30). The molecule has 0 aromatic carbocycles. The highest BCUT2D eigenvalue weighted by Gasteiger charge is 2.21. The third-order valence-corrected chi connectivity index (χ3v) is 7.79. The number of aromatic amines is 1. The fourth-order valence-electron chi connectivity index (χ4n) is 5.56. The van der Waals surface area contributed by atoms with Crippen LogP contribution in [0, 0.1) is 0 Å². The van der Waals surface area contributed by atoms with E-state index in [4.69, 9.17) is 19.8 Å². The maximum Gasteiger partial charge on any atom is 0.137 e. The Morgan fingerprint density at radius 3 is 2.50 bits per heavy atom. The zero-order valence-electron chi connectivity index (χ0n) is 21.3. The van der Waals surface area contributed by atoms with Gasteiger partial charge >= 0.3 is 0 Å². The molecule has 0 saturated carbocycles. The van der Waals surface area contributed by atoms with Gasteiger partial charge in [-0.15, -0.1) is 0 Å². The van der Waals surface area contributed by atoms with Gasteiger partial charge in [0.15, 0.2) is 0 Å². The SMILES string of the molecule is CCc1cc(-c2cnc3[nH]cc(-c4cnn(C5CCN(CC)CC5)c4)c3c2)cnc1N1CCOCC1. The Morgan fingerprint density at radius 2 is 1.72 bits per heavy atom. The molecule has 0 atom stereocenters. The minimum absolute atomic E-state index is 0.476. The minimum atomic E-state index is 0.476. The van der Waals surface area contributed by atoms with E-state index < -0.39 is 0 Å². The molecule has 6 rings (SSSR count). The Kier molecular flexibility index (Phi) is 6.46. The second-order valence-electron chi connectivity index (χ2n) is 9.86. The van der Waals surface area contributed by atoms with Crippen LogP contribution < -0.4 is 4.90 Å². The summed E-state index contributed by atoms with van der Waals surface area (Å²) in [5.41, 5.74) is 6.62. The number of aromatic nitrogens is 5. The van der Waals surface area contributed by atoms with Gasteiger partial charge in [0.2, 0.25) is 0 Å². The van der Waals surface area contributed by atoms with Gasteiger partial charge in [0, 0.05) is 78.6 Å². The molecule has 4 aromatic rings. The molecule has 0 bridgehead atoms. The van der Waals surface area contributed by atoms with Crippen LogP contribution in [-0.4, -0.2) is 75.6 Å². The number of nitrogens with zero attached hydrogens (tertiary/aromatic N) is 6. The molecule has 0 spiro atoms. The molecule has 36 heavy (non-hydrogen) atoms. The lowest BCUT2D eigenvalue weighted by atomic mass is 10.0. The molecular formula is C28H35N7O. The number of fused-ring (bicyclic) bond motifs is 1. The van der Waals surface area contributed by atoms with Crippen molar-refractivity contribution in [2.24, 2.45) is 0 Å². The largest absolute Gasteiger partial charge is 0.378 e. The Hall–Kier alpha value is -3.23. The topological polar surface area (TPSA) is 75.1 Å². The van der Waals surface area contributed by atoms with Gasteiger partial charge in [-0.25, -0.2) is 9.97 Å². The second kappa shape index (κ2) is 10.0. The van der Waals surface area contributed by atoms with E-state index in [-0.39, 0.29) is 0 Å². The maximum absolute atomic E-state index is 5.52. The molecule has 0 radical (unpaired) electrons. The zero-order chi connectivity index (χ0) is 24.5. The van der Waals surface area contributed by atoms with Crippen LogP contribution in [0.15, 0.2) is 43.1 Å². The van der Waals surface area contributed by atoms with Gasteiger partial charge in [0.1, 0.15) is 11.5 Å². The van der Waals surface area contributed by atoms with E-state index in [1.165, 1.54) is 5.56 Å². The Morgan fingerprint density at radius 1 is 0.944 bits per heavy atom. The van der Waals surface area contributed by atoms with E-state index in [2.05, 4.69) is 57.8 Å². The number of aryl methyl sites for hydroxylation is 1. The summed E-state index contributed by atoms with van der Waals surface area (Å²) in [6.45, 7) is 11.2. The Bertz CT molecular complexity index is 1330. The first-order valence-electron chi connectivity index (χ1n) is 13.3. The number of morpholine rings is 1. The van der Waals surface area contributed by atoms with Crippen LogP contribution in [0.25, 0.3) is 33.3 Å². The summed E-state index contributed by atoms with van der Waals surface area (Å²) in [5, 5.41) is 5.87. The number of pyridine rings is 2. The summed E-state index contributed by atoms with van der Waals surface area (Å²) < 4.78 is 7.69. The van der Waals surface area contributed by atoms with Crippen molar-refractivity contribution in [1.82, 2.24) is 29.6 Å². The van der Waals surface area contributed by atoms with Gasteiger partial charge in [-0.2, -0.15) is 5.10 Å². The molecule has 0 amide bonds. The van der Waals surface area contributed by atoms with Gasteiger partial charge in [0.05, 0.1) is 25.5 Å². The highest BCUT2D eigenvalue weighted by atomic mass is 16.5. The van der Waals surface area contributed by atoms with Crippen molar-refractivity contribution >= 4 is 16.9 Å². The lowest BCUT2D eigenvalue weighted by Crippen LogP contribution is -2.37. The number of H-pyrrole nitrogens is 1. The van der Waals surface area contributed by atoms with Crippen molar-refractivity contribution in [3.63, 3.8) is 0 Å². The number of anilines is 1. The first-order chi connectivity index (χ1) is 17.7. The van der Waals surface area contributed by atoms with Crippen molar-refractivity contribution < 1.29 is 4.74 Å². The number of hydrogen-bond acceptors (Lipinski definition) is 6. The molecule has 8 nitrogen and oxygen atoms in total. The van der Waals surface area contributed by atoms with Crippen LogP contribution in [0.1, 0.15) is 38.3 Å². The van der Waals surface area contributed by atoms with Crippen LogP contribution in [0.5, 0.6) is 0 Å². The van der Waals surface area contributed by atoms with Crippen molar-refractivity contribution in [1.29, 1.82) is 0 Å². The predicted molar refractivity (Wildman–Crippen MR) is 143 cm³/mol. The molecule has 2 aliphatic rings. The number of nitrogens with one attached hydrogen (secondary N) is 1. The number of likely N-dealkylation sites (tertiary alicyclic amines) is 1. The molecule has 6 heterocycles. The Labute approximate surface area is 212 Å². The van der Waals surface area contributed by atoms with Gasteiger partial charge in [0.25, 0.3) is 0 Å². The summed E-state index contributed by atoms with van der Waals surface area (Å²) in [6.07, 6.45) is 13.4. The molecule has 8 heteroatoms. The van der Waals surface area contributed by atoms with Gasteiger partial charge < -0.3 is 19.5 Å². The normalized spacial score (nSPS) is 17.8. The van der Waals surface area contributed by atoms with Crippen LogP contribution in [0.4, 0.5) is 5.82 Å². The van der Waals surface area contributed by atoms with Crippen LogP contribution in [0.2, 0.25) is 0 Å². The van der Waals surface area contributed by atoms with Crippen molar-refractivity contribution in [2.75, 3.05) is 50.8 Å². The third kappa shape index (κ3) is 4.40. The number of piperidine rings is 1. The molecule has 1 N–H and O–H groups in total. The molecule has 2 aliphatic heterocycles. The van der Waals surface area contributed by atoms with Crippen molar-refractivity contribution in [3.8, 4) is 22.3 Å². The summed E-state index contributed by atoms with van der Waals surface area (Å²) in [4.78, 5) is 17.8. The molecule has 2 saturated heterocycles. The van der Waals surface area contributed by atoms with E-state index in [1.807, 2.05) is 18.6 Å². The highest BCUT2D eigenvalue weighted by Crippen LogP contribution is 2.33. The van der Waals surface area contributed by atoms with Gasteiger partial charge in [-0.05, 0) is 43.5 Å². The number of rotatable bonds is 6. The lowest BCUT2D eigenvalue weighted by molar-refractivity contribution is 0.122. The van der Waals surface area contributed by atoms with Crippen LogP contribution in [0.3, 0.4) is 0 Å². The van der Waals surface area contributed by atoms with E-state index in [9.17, 15) is 0 Å². The summed E-state index contributed by atoms with van der Waals surface area (Å²) in [5.74, 6) is 1.08. The maximum atomic E-state index is 5.52. The van der Waals surface area contributed by atoms with Crippen LogP contribution >= 0.6 is 0 Å². The molecule has 0 aliphatic carbocycles. The number of ether oxygens (including phenoxy) is 1. The average molecular weight is 486 g/mol. The van der Waals surface area contributed by atoms with Gasteiger partial charge in [-0.3, -0.25) is 4.68 Å². The third-order valence-electron chi connectivity index (χ3n) is 7.79. The van der Waals surface area contributed by atoms with E-state index >= 15 is 0 Å². The van der Waals surface area contributed by atoms with Crippen molar-refractivity contribution in [3.05, 3.63) is 48.7 Å². The predicted octanol–water partition coefficient (Wildman–Crippen LogP) is 4.54. The molecule has 2 fully saturated rings. The zero-order valence-corrected chi connectivity index (χ0v) is 21.3. The summed E-state index contributed by atoms with van der Waals surface area (Å²) >= 11 is 0. The first-order valence-corrected chi connectivity index (χ1v) is 13.3. The smallest absolute Gasteiger partial charge is 0.137 e. The quantitative estimate of drug-likeness (QED) is 0.432. The van der Waals surface area contributed by atoms with Crippen molar-refractivity contribution in [2.45, 2.75) is 39.2 Å². The monoisotopic (exact) mass is 485 g/mol. The highest BCUT2D eigenvalue weighted by molar-refractivity contribution is 5.95. The average Bonchev–Trinajstić information content (AvgIpc) is 3.60. The molecule has 0 unspecified atom stereocenters. The molecular weight excluding hydrogens is 450 g/mol. The number of hydrogen-bond donors (Lipinski definition) is 1. The summed E-state index contributed by atoms with van der Waals surface area (Å²) in [6, 6.07) is 4.98. The fraction of sp³-hybridized carbons (Fsp3) is 0.464. The summed E-state index contributed by atoms with van der Waals surface area (Å²) in [7, 11) is 0. The Balaban J connectivity index is 1.28. The minimum Gasteiger partial charge on any atom is -0.378 e. The van der Waals surface area contributed by atoms with E-state index in [1.54, 1.807) is 0 Å². The first kappa shape index (κ1) is 23.2. The lowest BCUT2D eigenvalue weighted by Gasteiger charge is -2.31. The molecule has 4 aromatic heterocycles. The van der Waals surface area contributed by atoms with Gasteiger partial charge in [-0.1, -0.05) is 13.8 Å². The fourth-order valence-corrected chi connectivity index (χ4v) is 5.56. The van der Waals surface area contributed by atoms with Crippen LogP contribution in [-0.2, 0) is 11.2 Å².